The van der Waals surface area contributed by atoms with Crippen molar-refractivity contribution in [2.75, 3.05) is 7.11 Å². The first-order valence-corrected chi connectivity index (χ1v) is 6.53. The van der Waals surface area contributed by atoms with Crippen LogP contribution >= 0.6 is 12.2 Å². The molecule has 8 nitrogen and oxygen atoms in total. The van der Waals surface area contributed by atoms with E-state index in [9.17, 15) is 19.6 Å². The first-order chi connectivity index (χ1) is 10.4. The van der Waals surface area contributed by atoms with Crippen LogP contribution in [0.1, 0.15) is 17.0 Å². The van der Waals surface area contributed by atoms with Crippen molar-refractivity contribution in [1.29, 1.82) is 5.26 Å². The zero-order valence-corrected chi connectivity index (χ0v) is 12.2. The number of furan rings is 1. The minimum Gasteiger partial charge on any atom is -0.467 e. The topological polar surface area (TPSA) is 121 Å². The van der Waals surface area contributed by atoms with Gasteiger partial charge in [0.2, 0.25) is 11.7 Å². The summed E-state index contributed by atoms with van der Waals surface area (Å²) in [7, 11) is 1.09. The summed E-state index contributed by atoms with van der Waals surface area (Å²) in [5.74, 6) is -3.76. The highest BCUT2D eigenvalue weighted by Gasteiger charge is 2.55. The van der Waals surface area contributed by atoms with E-state index < -0.39 is 35.5 Å². The third kappa shape index (κ3) is 2.56. The number of rotatable bonds is 4. The third-order valence-corrected chi connectivity index (χ3v) is 3.45. The number of nitrogens with zero attached hydrogens (tertiary/aromatic N) is 1. The maximum Gasteiger partial charge on any atom is 0.334 e. The van der Waals surface area contributed by atoms with E-state index in [4.69, 9.17) is 16.6 Å². The fourth-order valence-electron chi connectivity index (χ4n) is 2.23. The highest BCUT2D eigenvalue weighted by molar-refractivity contribution is 7.80. The maximum atomic E-state index is 12.2. The fourth-order valence-corrected chi connectivity index (χ4v) is 2.51. The SMILES string of the molecule is COC(=O)[C@]1(CC(=O)c2ccco2)NC(=S)NC(=O)[C@H]1C#N. The number of amides is 1. The molecule has 0 spiro atoms. The van der Waals surface area contributed by atoms with Gasteiger partial charge < -0.3 is 19.8 Å². The Kier molecular flexibility index (Phi) is 4.23. The van der Waals surface area contributed by atoms with Gasteiger partial charge in [0.25, 0.3) is 0 Å². The fraction of sp³-hybridized carbons (Fsp3) is 0.308. The van der Waals surface area contributed by atoms with Crippen LogP contribution in [-0.4, -0.2) is 35.4 Å². The van der Waals surface area contributed by atoms with Crippen molar-refractivity contribution in [2.45, 2.75) is 12.0 Å². The molecule has 1 aliphatic rings. The normalized spacial score (nSPS) is 23.9. The van der Waals surface area contributed by atoms with Crippen LogP contribution < -0.4 is 10.6 Å². The number of ether oxygens (including phenoxy) is 1. The molecular weight excluding hydrogens is 310 g/mol. The van der Waals surface area contributed by atoms with E-state index in [1.54, 1.807) is 6.07 Å². The zero-order chi connectivity index (χ0) is 16.3. The number of carbonyl (C=O) groups excluding carboxylic acids is 3. The van der Waals surface area contributed by atoms with Crippen molar-refractivity contribution in [3.8, 4) is 6.07 Å². The summed E-state index contributed by atoms with van der Waals surface area (Å²) < 4.78 is 9.64. The second-order valence-corrected chi connectivity index (χ2v) is 4.95. The molecule has 1 aliphatic heterocycles. The molecule has 0 aromatic carbocycles. The predicted molar refractivity (Wildman–Crippen MR) is 75.4 cm³/mol. The van der Waals surface area contributed by atoms with Crippen LogP contribution in [0.2, 0.25) is 0 Å². The van der Waals surface area contributed by atoms with Crippen molar-refractivity contribution in [3.05, 3.63) is 24.2 Å². The van der Waals surface area contributed by atoms with Gasteiger partial charge >= 0.3 is 5.97 Å². The molecule has 2 atom stereocenters. The first kappa shape index (κ1) is 15.7. The van der Waals surface area contributed by atoms with E-state index in [2.05, 4.69) is 15.4 Å². The van der Waals surface area contributed by atoms with Crippen molar-refractivity contribution >= 4 is 35.0 Å². The lowest BCUT2D eigenvalue weighted by Gasteiger charge is -2.38. The number of carbonyl (C=O) groups is 3. The molecule has 2 rings (SSSR count). The molecule has 0 saturated carbocycles. The lowest BCUT2D eigenvalue weighted by Crippen LogP contribution is -2.70. The molecule has 1 amide bonds. The molecule has 1 saturated heterocycles. The van der Waals surface area contributed by atoms with Gasteiger partial charge in [-0.3, -0.25) is 9.59 Å². The average molecular weight is 321 g/mol. The van der Waals surface area contributed by atoms with Crippen LogP contribution in [0.3, 0.4) is 0 Å². The molecule has 1 aromatic heterocycles. The molecule has 1 aromatic rings. The van der Waals surface area contributed by atoms with Gasteiger partial charge in [-0.2, -0.15) is 5.26 Å². The van der Waals surface area contributed by atoms with Crippen molar-refractivity contribution in [2.24, 2.45) is 5.92 Å². The van der Waals surface area contributed by atoms with E-state index in [0.29, 0.717) is 0 Å². The number of nitrogens with one attached hydrogen (secondary N) is 2. The summed E-state index contributed by atoms with van der Waals surface area (Å²) in [6.45, 7) is 0. The van der Waals surface area contributed by atoms with Crippen LogP contribution in [0.15, 0.2) is 22.8 Å². The largest absolute Gasteiger partial charge is 0.467 e. The van der Waals surface area contributed by atoms with Crippen molar-refractivity contribution in [1.82, 2.24) is 10.6 Å². The van der Waals surface area contributed by atoms with Gasteiger partial charge in [-0.25, -0.2) is 4.79 Å². The average Bonchev–Trinajstić information content (AvgIpc) is 3.00. The van der Waals surface area contributed by atoms with E-state index in [1.807, 2.05) is 0 Å². The Morgan fingerprint density at radius 2 is 2.32 bits per heavy atom. The molecule has 9 heteroatoms. The number of hydrogen-bond donors (Lipinski definition) is 2. The number of hydrogen-bond acceptors (Lipinski definition) is 7. The Hall–Kier alpha value is -2.73. The summed E-state index contributed by atoms with van der Waals surface area (Å²) >= 11 is 4.86. The van der Waals surface area contributed by atoms with Gasteiger partial charge in [-0.15, -0.1) is 0 Å². The smallest absolute Gasteiger partial charge is 0.334 e. The Morgan fingerprint density at radius 3 is 2.86 bits per heavy atom. The van der Waals surface area contributed by atoms with Gasteiger partial charge in [-0.05, 0) is 24.4 Å². The Morgan fingerprint density at radius 1 is 1.59 bits per heavy atom. The number of thiocarbonyl (C=S) groups is 1. The highest BCUT2D eigenvalue weighted by atomic mass is 32.1. The molecular formula is C13H11N3O5S. The van der Waals surface area contributed by atoms with Crippen molar-refractivity contribution in [3.63, 3.8) is 0 Å². The summed E-state index contributed by atoms with van der Waals surface area (Å²) in [4.78, 5) is 36.4. The quantitative estimate of drug-likeness (QED) is 0.448. The Bertz CT molecular complexity index is 678. The van der Waals surface area contributed by atoms with E-state index in [1.165, 1.54) is 18.4 Å². The van der Waals surface area contributed by atoms with Crippen LogP contribution in [0, 0.1) is 17.2 Å². The molecule has 0 unspecified atom stereocenters. The number of esters is 1. The monoisotopic (exact) mass is 321 g/mol. The number of ketones is 1. The van der Waals surface area contributed by atoms with Crippen LogP contribution in [0.4, 0.5) is 0 Å². The lowest BCUT2D eigenvalue weighted by atomic mass is 9.78. The summed E-state index contributed by atoms with van der Waals surface area (Å²) in [5.41, 5.74) is -1.90. The van der Waals surface area contributed by atoms with E-state index >= 15 is 0 Å². The number of Topliss-reactive ketones (excluding diaryl/α,β-unsaturated/α-hetero) is 1. The summed E-state index contributed by atoms with van der Waals surface area (Å²) in [6, 6.07) is 4.63. The molecule has 114 valence electrons. The van der Waals surface area contributed by atoms with E-state index in [-0.39, 0.29) is 10.9 Å². The lowest BCUT2D eigenvalue weighted by molar-refractivity contribution is -0.152. The minimum atomic E-state index is -1.90. The summed E-state index contributed by atoms with van der Waals surface area (Å²) in [5, 5.41) is 13.9. The zero-order valence-electron chi connectivity index (χ0n) is 11.4. The van der Waals surface area contributed by atoms with Crippen LogP contribution in [0.25, 0.3) is 0 Å². The van der Waals surface area contributed by atoms with E-state index in [0.717, 1.165) is 7.11 Å². The number of nitriles is 1. The van der Waals surface area contributed by atoms with Gasteiger partial charge in [0.15, 0.2) is 22.3 Å². The Balaban J connectivity index is 2.45. The molecule has 2 heterocycles. The Labute approximate surface area is 130 Å². The van der Waals surface area contributed by atoms with Gasteiger partial charge in [0.05, 0.1) is 25.9 Å². The van der Waals surface area contributed by atoms with Gasteiger partial charge in [-0.1, -0.05) is 0 Å². The first-order valence-electron chi connectivity index (χ1n) is 6.12. The molecule has 1 fully saturated rings. The summed E-state index contributed by atoms with van der Waals surface area (Å²) in [6.07, 6.45) is 0.782. The minimum absolute atomic E-state index is 0.00123. The molecule has 0 radical (unpaired) electrons. The molecule has 22 heavy (non-hydrogen) atoms. The molecule has 0 aliphatic carbocycles. The molecule has 0 bridgehead atoms. The van der Waals surface area contributed by atoms with Crippen LogP contribution in [-0.2, 0) is 14.3 Å². The second kappa shape index (κ2) is 5.95. The van der Waals surface area contributed by atoms with Crippen LogP contribution in [0.5, 0.6) is 0 Å². The van der Waals surface area contributed by atoms with Gasteiger partial charge in [0, 0.05) is 0 Å². The van der Waals surface area contributed by atoms with Gasteiger partial charge in [0.1, 0.15) is 0 Å². The predicted octanol–water partition coefficient (Wildman–Crippen LogP) is -0.0917. The second-order valence-electron chi connectivity index (χ2n) is 4.55. The maximum absolute atomic E-state index is 12.2. The standard InChI is InChI=1S/C13H11N3O5S/c1-20-11(19)13(5-8(17)9-3-2-4-21-9)7(6-14)10(18)15-12(22)16-13/h2-4,7H,5H2,1H3,(H2,15,16,18,22)/t7-,13-/m1/s1. The number of methoxy groups -OCH3 is 1. The third-order valence-electron chi connectivity index (χ3n) is 3.24. The van der Waals surface area contributed by atoms with Crippen molar-refractivity contribution < 1.29 is 23.5 Å². The molecule has 2 N–H and O–H groups in total. The highest BCUT2D eigenvalue weighted by Crippen LogP contribution is 2.28.